The normalized spacial score (nSPS) is 11.4. The average Bonchev–Trinajstić information content (AvgIpc) is 1.66. The number of aromatic nitrogens is 10. The van der Waals surface area contributed by atoms with Crippen LogP contribution in [0.25, 0.3) is 0 Å². The van der Waals surface area contributed by atoms with Gasteiger partial charge in [-0.1, -0.05) is 72.3 Å². The lowest BCUT2D eigenvalue weighted by Gasteiger charge is -2.16. The first-order chi connectivity index (χ1) is 47.3. The van der Waals surface area contributed by atoms with Gasteiger partial charge >= 0.3 is 0 Å². The molecule has 0 radical (unpaired) electrons. The molecule has 34 heteroatoms. The van der Waals surface area contributed by atoms with Crippen LogP contribution >= 0.6 is 11.6 Å². The Balaban J connectivity index is 0.000000176. The van der Waals surface area contributed by atoms with Crippen LogP contribution in [0.4, 0.5) is 53.0 Å². The molecule has 0 saturated carbocycles. The number of ether oxygens (including phenoxy) is 3. The minimum absolute atomic E-state index is 0.0269. The minimum atomic E-state index is -0.452. The highest BCUT2D eigenvalue weighted by Crippen LogP contribution is 2.31. The van der Waals surface area contributed by atoms with E-state index in [0.717, 1.165) is 9.80 Å². The van der Waals surface area contributed by atoms with Crippen LogP contribution in [0.2, 0.25) is 5.15 Å². The van der Waals surface area contributed by atoms with Crippen LogP contribution < -0.4 is 66.5 Å². The van der Waals surface area contributed by atoms with Gasteiger partial charge in [-0.25, -0.2) is 24.8 Å². The molecule has 0 fully saturated rings. The quantitative estimate of drug-likeness (QED) is 0.0408. The third kappa shape index (κ3) is 19.9. The number of aryl methyl sites for hydroxylation is 1. The van der Waals surface area contributed by atoms with Crippen LogP contribution in [0.1, 0.15) is 101 Å². The Bertz CT molecular complexity index is 4230. The number of anilines is 9. The fourth-order valence-corrected chi connectivity index (χ4v) is 8.74. The van der Waals surface area contributed by atoms with E-state index in [1.165, 1.54) is 72.1 Å². The van der Waals surface area contributed by atoms with E-state index in [4.69, 9.17) is 31.5 Å². The summed E-state index contributed by atoms with van der Waals surface area (Å²) in [6.45, 7) is 7.33. The van der Waals surface area contributed by atoms with Crippen LogP contribution in [-0.2, 0) is 25.7 Å². The molecule has 2 aliphatic heterocycles. The molecule has 11 rings (SSSR count). The van der Waals surface area contributed by atoms with Gasteiger partial charge in [-0.05, 0) is 55.5 Å². The van der Waals surface area contributed by atoms with Gasteiger partial charge in [-0.15, -0.1) is 0 Å². The summed E-state index contributed by atoms with van der Waals surface area (Å²) in [4.78, 5) is 161. The zero-order valence-corrected chi connectivity index (χ0v) is 55.3. The molecule has 33 nitrogen and oxygen atoms in total. The molecule has 0 atom stereocenters. The first kappa shape index (κ1) is 73.2. The van der Waals surface area contributed by atoms with Crippen molar-refractivity contribution < 1.29 is 62.2 Å². The van der Waals surface area contributed by atoms with Gasteiger partial charge in [0, 0.05) is 95.5 Å². The standard InChI is InChI=1S/C19H15ClN4O2.2C14H12N4O3.C9H12N4O3.C9H12N4O2/c1-24(18(26)14-10-6-3-7-11-14)19-21-15(20)12-16(23-19)22-17(25)13-8-4-2-5-9-13;1-15-14-16-10(7-11(17-14)21-2)18-12(19)8-5-3-4-6-9(8)13(18)20;1-21-11-6-8(7-15)16-14(17-11)18-12(19)9-4-2-3-5-10(9)13(18)20;1-5(14)10-7-4-8(16-3)13-9(12-7)11-6(2)15;1-5-4-8(11-6(2)14)13-9(10-5)12-7(3)15/h2-12H,1H3,(H,21,22,23,25);3-7H,1-2H3,(H,15,16,17);2-6H,7,15H2,1H3;4H,1-3H3,(H2,10,11,12,13,14,15);4H,1-3H3,(H2,10,11,12,13,14,15). The lowest BCUT2D eigenvalue weighted by molar-refractivity contribution is -0.115. The highest BCUT2D eigenvalue weighted by Gasteiger charge is 2.39. The van der Waals surface area contributed by atoms with Crippen LogP contribution in [-0.4, -0.2) is 144 Å². The summed E-state index contributed by atoms with van der Waals surface area (Å²) in [5.41, 5.74) is 9.09. The van der Waals surface area contributed by atoms with E-state index in [2.05, 4.69) is 81.7 Å². The third-order valence-electron chi connectivity index (χ3n) is 12.8. The molecule has 7 heterocycles. The van der Waals surface area contributed by atoms with Gasteiger partial charge in [0.2, 0.25) is 71.0 Å². The second-order valence-electron chi connectivity index (χ2n) is 20.2. The summed E-state index contributed by atoms with van der Waals surface area (Å²) in [6, 6.07) is 38.2. The highest BCUT2D eigenvalue weighted by atomic mass is 35.5. The number of rotatable bonds is 15. The molecule has 5 aromatic heterocycles. The molecule has 0 bridgehead atoms. The van der Waals surface area contributed by atoms with Crippen molar-refractivity contribution in [3.8, 4) is 17.6 Å². The topological polar surface area (TPSA) is 435 Å². The number of methoxy groups -OCH3 is 3. The number of imide groups is 2. The second-order valence-corrected chi connectivity index (χ2v) is 20.6. The molecule has 0 aliphatic carbocycles. The van der Waals surface area contributed by atoms with Crippen LogP contribution in [0.3, 0.4) is 0 Å². The Kier molecular flexibility index (Phi) is 25.4. The predicted octanol–water partition coefficient (Wildman–Crippen LogP) is 6.83. The Morgan fingerprint density at radius 1 is 0.475 bits per heavy atom. The number of benzene rings is 4. The zero-order valence-electron chi connectivity index (χ0n) is 54.6. The lowest BCUT2D eigenvalue weighted by Crippen LogP contribution is -2.31. The molecule has 0 saturated heterocycles. The number of nitrogens with zero attached hydrogens (tertiary/aromatic N) is 13. The number of nitrogens with one attached hydrogen (secondary N) is 6. The number of carbonyl (C=O) groups is 10. The molecule has 0 spiro atoms. The van der Waals surface area contributed by atoms with E-state index in [0.29, 0.717) is 50.6 Å². The summed E-state index contributed by atoms with van der Waals surface area (Å²) in [5, 5.41) is 15.4. The van der Waals surface area contributed by atoms with Gasteiger partial charge in [0.1, 0.15) is 22.6 Å². The molecule has 10 amide bonds. The van der Waals surface area contributed by atoms with Crippen LogP contribution in [0.15, 0.2) is 140 Å². The van der Waals surface area contributed by atoms with Gasteiger partial charge in [0.05, 0.1) is 49.3 Å². The number of amides is 10. The average molecular weight is 1370 g/mol. The van der Waals surface area contributed by atoms with Crippen molar-refractivity contribution in [3.63, 3.8) is 0 Å². The molecule has 508 valence electrons. The van der Waals surface area contributed by atoms with Gasteiger partial charge in [-0.2, -0.15) is 34.9 Å². The van der Waals surface area contributed by atoms with E-state index < -0.39 is 23.6 Å². The van der Waals surface area contributed by atoms with Gasteiger partial charge in [0.25, 0.3) is 35.4 Å². The second kappa shape index (κ2) is 34.3. The Morgan fingerprint density at radius 3 is 1.39 bits per heavy atom. The van der Waals surface area contributed by atoms with E-state index in [-0.39, 0.29) is 112 Å². The highest BCUT2D eigenvalue weighted by molar-refractivity contribution is 6.35. The van der Waals surface area contributed by atoms with Crippen molar-refractivity contribution in [1.82, 2.24) is 49.8 Å². The Morgan fingerprint density at radius 2 is 0.909 bits per heavy atom. The molecular weight excluding hydrogens is 1300 g/mol. The maximum absolute atomic E-state index is 12.5. The maximum atomic E-state index is 12.5. The number of fused-ring (bicyclic) bond motifs is 2. The van der Waals surface area contributed by atoms with Crippen LogP contribution in [0, 0.1) is 6.92 Å². The van der Waals surface area contributed by atoms with Crippen molar-refractivity contribution in [2.75, 3.05) is 82.0 Å². The number of hydrogen-bond donors (Lipinski definition) is 7. The largest absolute Gasteiger partial charge is 0.481 e. The molecule has 0 unspecified atom stereocenters. The van der Waals surface area contributed by atoms with Crippen molar-refractivity contribution in [1.29, 1.82) is 0 Å². The van der Waals surface area contributed by atoms with Gasteiger partial charge in [-0.3, -0.25) is 63.5 Å². The lowest BCUT2D eigenvalue weighted by atomic mass is 10.1. The van der Waals surface area contributed by atoms with Crippen LogP contribution in [0.5, 0.6) is 17.6 Å². The molecule has 2 aliphatic rings. The smallest absolute Gasteiger partial charge is 0.268 e. The van der Waals surface area contributed by atoms with Crippen molar-refractivity contribution >= 4 is 124 Å². The van der Waals surface area contributed by atoms with Crippen molar-refractivity contribution in [2.24, 2.45) is 5.73 Å². The first-order valence-electron chi connectivity index (χ1n) is 29.2. The fraction of sp³-hybridized carbons (Fsp3) is 0.169. The van der Waals surface area contributed by atoms with Crippen molar-refractivity contribution in [3.05, 3.63) is 189 Å². The molecule has 9 aromatic rings. The minimum Gasteiger partial charge on any atom is -0.481 e. The van der Waals surface area contributed by atoms with Gasteiger partial charge in [0.15, 0.2) is 5.82 Å². The van der Waals surface area contributed by atoms with Gasteiger partial charge < -0.3 is 41.2 Å². The summed E-state index contributed by atoms with van der Waals surface area (Å²) in [5.74, 6) is -0.987. The summed E-state index contributed by atoms with van der Waals surface area (Å²) in [7, 11) is 7.50. The summed E-state index contributed by atoms with van der Waals surface area (Å²) >= 11 is 6.03. The summed E-state index contributed by atoms with van der Waals surface area (Å²) in [6.07, 6.45) is 0. The number of hydrogen-bond acceptors (Lipinski definition) is 25. The van der Waals surface area contributed by atoms with Crippen molar-refractivity contribution in [2.45, 2.75) is 41.2 Å². The number of nitrogens with two attached hydrogens (primary N) is 1. The zero-order chi connectivity index (χ0) is 72.0. The summed E-state index contributed by atoms with van der Waals surface area (Å²) < 4.78 is 15.0. The van der Waals surface area contributed by atoms with E-state index in [1.54, 1.807) is 130 Å². The van der Waals surface area contributed by atoms with E-state index >= 15 is 0 Å². The Labute approximate surface area is 569 Å². The molecule has 8 N–H and O–H groups in total. The first-order valence-corrected chi connectivity index (χ1v) is 29.5. The molecule has 4 aromatic carbocycles. The molecular formula is C65H63ClN20O13. The monoisotopic (exact) mass is 1370 g/mol. The van der Waals surface area contributed by atoms with E-state index in [9.17, 15) is 47.9 Å². The Hall–Kier alpha value is -13.2. The SMILES string of the molecule is CC(=O)Nc1cc(C)nc(NC(C)=O)n1.CN(C(=O)c1ccccc1)c1nc(Cl)cc(NC(=O)c2ccccc2)n1.CNc1nc(OC)cc(N2C(=O)c3ccccc3C2=O)n1.COc1cc(CN)nc(N2C(=O)c3ccccc3C2=O)n1.COc1cc(NC(C)=O)nc(NC(C)=O)n1. The molecule has 99 heavy (non-hydrogen) atoms. The third-order valence-corrected chi connectivity index (χ3v) is 13.0. The van der Waals surface area contributed by atoms with E-state index in [1.807, 2.05) is 12.1 Å². The number of halogens is 1. The fourth-order valence-electron chi connectivity index (χ4n) is 8.56. The number of carbonyl (C=O) groups excluding carboxylic acids is 10. The maximum Gasteiger partial charge on any atom is 0.268 e. The predicted molar refractivity (Wildman–Crippen MR) is 363 cm³/mol.